The maximum atomic E-state index is 4.29. The van der Waals surface area contributed by atoms with Gasteiger partial charge in [-0.25, -0.2) is 4.98 Å². The number of aryl methyl sites for hydroxylation is 1. The summed E-state index contributed by atoms with van der Waals surface area (Å²) in [5.74, 6) is 1.52. The molecule has 1 aromatic heterocycles. The first-order valence-corrected chi connectivity index (χ1v) is 4.52. The van der Waals surface area contributed by atoms with Gasteiger partial charge in [0.05, 0.1) is 11.9 Å². The predicted molar refractivity (Wildman–Crippen MR) is 45.8 cm³/mol. The van der Waals surface area contributed by atoms with Crippen molar-refractivity contribution in [2.24, 2.45) is 0 Å². The van der Waals surface area contributed by atoms with Crippen LogP contribution in [0.15, 0.2) is 6.20 Å². The Morgan fingerprint density at radius 2 is 2.00 bits per heavy atom. The standard InChI is InChI=1S/C9H13N3/c1-7-6-10-9(12-11-7)8-4-2-3-5-8/h6,8H,2-5H2,1H3. The van der Waals surface area contributed by atoms with Crippen molar-refractivity contribution in [3.63, 3.8) is 0 Å². The van der Waals surface area contributed by atoms with Crippen LogP contribution >= 0.6 is 0 Å². The fourth-order valence-electron chi connectivity index (χ4n) is 1.71. The van der Waals surface area contributed by atoms with Crippen molar-refractivity contribution in [3.8, 4) is 0 Å². The highest BCUT2D eigenvalue weighted by atomic mass is 15.2. The van der Waals surface area contributed by atoms with Crippen LogP contribution in [0.25, 0.3) is 0 Å². The van der Waals surface area contributed by atoms with Gasteiger partial charge in [-0.05, 0) is 19.8 Å². The molecule has 3 nitrogen and oxygen atoms in total. The lowest BCUT2D eigenvalue weighted by Crippen LogP contribution is -2.02. The lowest BCUT2D eigenvalue weighted by Gasteiger charge is -2.04. The summed E-state index contributed by atoms with van der Waals surface area (Å²) in [5, 5.41) is 8.11. The Bertz CT molecular complexity index is 249. The highest BCUT2D eigenvalue weighted by molar-refractivity contribution is 4.99. The number of aromatic nitrogens is 3. The Morgan fingerprint density at radius 1 is 1.25 bits per heavy atom. The molecule has 1 aliphatic carbocycles. The molecule has 0 spiro atoms. The third-order valence-corrected chi connectivity index (χ3v) is 2.41. The minimum absolute atomic E-state index is 0.582. The van der Waals surface area contributed by atoms with Crippen LogP contribution in [-0.4, -0.2) is 15.2 Å². The smallest absolute Gasteiger partial charge is 0.153 e. The summed E-state index contributed by atoms with van der Waals surface area (Å²) in [4.78, 5) is 4.29. The van der Waals surface area contributed by atoms with Crippen LogP contribution in [0.1, 0.15) is 43.1 Å². The molecule has 1 fully saturated rings. The van der Waals surface area contributed by atoms with Gasteiger partial charge in [0, 0.05) is 5.92 Å². The Morgan fingerprint density at radius 3 is 2.58 bits per heavy atom. The minimum atomic E-state index is 0.582. The first kappa shape index (κ1) is 7.65. The zero-order chi connectivity index (χ0) is 8.39. The van der Waals surface area contributed by atoms with Crippen LogP contribution in [-0.2, 0) is 0 Å². The van der Waals surface area contributed by atoms with E-state index in [1.54, 1.807) is 6.20 Å². The van der Waals surface area contributed by atoms with Gasteiger partial charge in [0.15, 0.2) is 5.82 Å². The van der Waals surface area contributed by atoms with Gasteiger partial charge in [-0.3, -0.25) is 0 Å². The molecule has 0 aliphatic heterocycles. The van der Waals surface area contributed by atoms with E-state index in [2.05, 4.69) is 15.2 Å². The van der Waals surface area contributed by atoms with Gasteiger partial charge in [-0.2, -0.15) is 5.10 Å². The second-order valence-electron chi connectivity index (χ2n) is 3.44. The van der Waals surface area contributed by atoms with Crippen molar-refractivity contribution < 1.29 is 0 Å². The van der Waals surface area contributed by atoms with Crippen molar-refractivity contribution in [2.45, 2.75) is 38.5 Å². The van der Waals surface area contributed by atoms with Gasteiger partial charge in [0.1, 0.15) is 0 Å². The van der Waals surface area contributed by atoms with E-state index in [1.807, 2.05) is 6.92 Å². The Labute approximate surface area is 72.2 Å². The molecule has 0 aromatic carbocycles. The van der Waals surface area contributed by atoms with Gasteiger partial charge in [-0.1, -0.05) is 12.8 Å². The average Bonchev–Trinajstić information content (AvgIpc) is 2.58. The topological polar surface area (TPSA) is 38.7 Å². The van der Waals surface area contributed by atoms with Gasteiger partial charge >= 0.3 is 0 Å². The molecular weight excluding hydrogens is 150 g/mol. The first-order valence-electron chi connectivity index (χ1n) is 4.52. The van der Waals surface area contributed by atoms with E-state index in [0.717, 1.165) is 11.5 Å². The van der Waals surface area contributed by atoms with Gasteiger partial charge in [-0.15, -0.1) is 5.10 Å². The van der Waals surface area contributed by atoms with E-state index < -0.39 is 0 Å². The van der Waals surface area contributed by atoms with Gasteiger partial charge < -0.3 is 0 Å². The number of nitrogens with zero attached hydrogens (tertiary/aromatic N) is 3. The fraction of sp³-hybridized carbons (Fsp3) is 0.667. The maximum absolute atomic E-state index is 4.29. The molecule has 1 saturated carbocycles. The Hall–Kier alpha value is -0.990. The Kier molecular flexibility index (Phi) is 2.02. The quantitative estimate of drug-likeness (QED) is 0.634. The summed E-state index contributed by atoms with van der Waals surface area (Å²) < 4.78 is 0. The van der Waals surface area contributed by atoms with E-state index in [0.29, 0.717) is 5.92 Å². The molecule has 0 saturated heterocycles. The van der Waals surface area contributed by atoms with E-state index in [1.165, 1.54) is 25.7 Å². The summed E-state index contributed by atoms with van der Waals surface area (Å²) in [6, 6.07) is 0. The normalized spacial score (nSPS) is 18.4. The third kappa shape index (κ3) is 1.44. The third-order valence-electron chi connectivity index (χ3n) is 2.41. The molecule has 12 heavy (non-hydrogen) atoms. The zero-order valence-electron chi connectivity index (χ0n) is 7.32. The lowest BCUT2D eigenvalue weighted by atomic mass is 10.1. The molecule has 64 valence electrons. The molecule has 2 rings (SSSR count). The van der Waals surface area contributed by atoms with Crippen molar-refractivity contribution in [3.05, 3.63) is 17.7 Å². The highest BCUT2D eigenvalue weighted by Gasteiger charge is 2.19. The van der Waals surface area contributed by atoms with Crippen molar-refractivity contribution in [1.29, 1.82) is 0 Å². The Balaban J connectivity index is 2.17. The largest absolute Gasteiger partial charge is 0.237 e. The molecule has 0 bridgehead atoms. The second-order valence-corrected chi connectivity index (χ2v) is 3.44. The SMILES string of the molecule is Cc1cnc(C2CCCC2)nn1. The molecule has 1 aliphatic rings. The van der Waals surface area contributed by atoms with Gasteiger partial charge in [0.25, 0.3) is 0 Å². The summed E-state index contributed by atoms with van der Waals surface area (Å²) in [6.45, 7) is 1.92. The first-order chi connectivity index (χ1) is 5.86. The van der Waals surface area contributed by atoms with Crippen LogP contribution in [0.5, 0.6) is 0 Å². The number of hydrogen-bond acceptors (Lipinski definition) is 3. The van der Waals surface area contributed by atoms with Crippen LogP contribution in [0.3, 0.4) is 0 Å². The van der Waals surface area contributed by atoms with Crippen LogP contribution in [0, 0.1) is 6.92 Å². The van der Waals surface area contributed by atoms with E-state index in [-0.39, 0.29) is 0 Å². The minimum Gasteiger partial charge on any atom is -0.237 e. The molecule has 0 N–H and O–H groups in total. The van der Waals surface area contributed by atoms with E-state index in [9.17, 15) is 0 Å². The van der Waals surface area contributed by atoms with Crippen molar-refractivity contribution in [2.75, 3.05) is 0 Å². The van der Waals surface area contributed by atoms with Gasteiger partial charge in [0.2, 0.25) is 0 Å². The molecule has 3 heteroatoms. The predicted octanol–water partition coefficient (Wildman–Crippen LogP) is 1.84. The molecule has 0 unspecified atom stereocenters. The van der Waals surface area contributed by atoms with E-state index in [4.69, 9.17) is 0 Å². The molecule has 1 heterocycles. The summed E-state index contributed by atoms with van der Waals surface area (Å²) in [7, 11) is 0. The number of hydrogen-bond donors (Lipinski definition) is 0. The lowest BCUT2D eigenvalue weighted by molar-refractivity contribution is 0.643. The summed E-state index contributed by atoms with van der Waals surface area (Å²) in [6.07, 6.45) is 6.93. The molecule has 0 radical (unpaired) electrons. The molecular formula is C9H13N3. The van der Waals surface area contributed by atoms with Crippen LogP contribution in [0.4, 0.5) is 0 Å². The fourth-order valence-corrected chi connectivity index (χ4v) is 1.71. The van der Waals surface area contributed by atoms with Crippen molar-refractivity contribution in [1.82, 2.24) is 15.2 Å². The monoisotopic (exact) mass is 163 g/mol. The maximum Gasteiger partial charge on any atom is 0.153 e. The molecule has 0 atom stereocenters. The molecule has 0 amide bonds. The van der Waals surface area contributed by atoms with Crippen LogP contribution < -0.4 is 0 Å². The summed E-state index contributed by atoms with van der Waals surface area (Å²) >= 11 is 0. The van der Waals surface area contributed by atoms with Crippen molar-refractivity contribution >= 4 is 0 Å². The summed E-state index contributed by atoms with van der Waals surface area (Å²) in [5.41, 5.74) is 0.900. The second kappa shape index (κ2) is 3.17. The zero-order valence-corrected chi connectivity index (χ0v) is 7.32. The highest BCUT2D eigenvalue weighted by Crippen LogP contribution is 2.31. The van der Waals surface area contributed by atoms with E-state index >= 15 is 0 Å². The average molecular weight is 163 g/mol. The number of rotatable bonds is 1. The van der Waals surface area contributed by atoms with Crippen LogP contribution in [0.2, 0.25) is 0 Å². The molecule has 1 aromatic rings.